The molecule has 8 nitrogen and oxygen atoms in total. The smallest absolute Gasteiger partial charge is 0.348 e. The topological polar surface area (TPSA) is 117 Å². The monoisotopic (exact) mass is 461 g/mol. The molecule has 3 heterocycles. The van der Waals surface area contributed by atoms with Crippen LogP contribution in [0.3, 0.4) is 0 Å². The Kier molecular flexibility index (Phi) is 6.71. The molecule has 0 saturated carbocycles. The summed E-state index contributed by atoms with van der Waals surface area (Å²) < 4.78 is 4.96. The van der Waals surface area contributed by atoms with Crippen LogP contribution in [0.5, 0.6) is 0 Å². The van der Waals surface area contributed by atoms with Crippen molar-refractivity contribution in [1.29, 1.82) is 5.26 Å². The number of nitrogens with one attached hydrogen (secondary N) is 1. The number of nitriles is 1. The predicted octanol–water partition coefficient (Wildman–Crippen LogP) is 3.84. The quantitative estimate of drug-likeness (QED) is 0.513. The number of ether oxygens (including phenoxy) is 1. The minimum absolute atomic E-state index is 0.142. The fourth-order valence-corrected chi connectivity index (χ4v) is 5.20. The number of thiophene rings is 2. The summed E-state index contributed by atoms with van der Waals surface area (Å²) in [6.45, 7) is 2.93. The van der Waals surface area contributed by atoms with E-state index in [-0.39, 0.29) is 27.0 Å². The Hall–Kier alpha value is -2.94. The Balaban J connectivity index is 1.74. The molecular formula is C19H15N3O5S3. The second-order valence-corrected chi connectivity index (χ2v) is 8.92. The van der Waals surface area contributed by atoms with E-state index in [4.69, 9.17) is 4.74 Å². The van der Waals surface area contributed by atoms with Crippen molar-refractivity contribution in [3.8, 4) is 6.07 Å². The van der Waals surface area contributed by atoms with E-state index in [2.05, 4.69) is 5.32 Å². The lowest BCUT2D eigenvalue weighted by atomic mass is 10.2. The fourth-order valence-electron chi connectivity index (χ4n) is 2.58. The van der Waals surface area contributed by atoms with Crippen molar-refractivity contribution in [1.82, 2.24) is 4.90 Å². The van der Waals surface area contributed by atoms with Gasteiger partial charge in [0.15, 0.2) is 0 Å². The highest BCUT2D eigenvalue weighted by atomic mass is 32.2. The third-order valence-electron chi connectivity index (χ3n) is 3.96. The number of anilines is 1. The van der Waals surface area contributed by atoms with E-state index < -0.39 is 29.6 Å². The van der Waals surface area contributed by atoms with Crippen molar-refractivity contribution in [2.75, 3.05) is 18.5 Å². The zero-order valence-corrected chi connectivity index (χ0v) is 18.3. The van der Waals surface area contributed by atoms with Gasteiger partial charge < -0.3 is 10.1 Å². The molecule has 1 N–H and O–H groups in total. The second-order valence-electron chi connectivity index (χ2n) is 5.92. The van der Waals surface area contributed by atoms with Crippen molar-refractivity contribution in [3.63, 3.8) is 0 Å². The zero-order chi connectivity index (χ0) is 21.8. The fraction of sp³-hybridized carbons (Fsp3) is 0.211. The molecule has 1 saturated heterocycles. The predicted molar refractivity (Wildman–Crippen MR) is 115 cm³/mol. The highest BCUT2D eigenvalue weighted by Crippen LogP contribution is 2.34. The molecule has 0 spiro atoms. The van der Waals surface area contributed by atoms with Crippen molar-refractivity contribution in [2.24, 2.45) is 0 Å². The first kappa shape index (κ1) is 21.8. The Labute approximate surface area is 184 Å². The molecular weight excluding hydrogens is 446 g/mol. The number of rotatable bonds is 6. The summed E-state index contributed by atoms with van der Waals surface area (Å²) in [5, 5.41) is 13.4. The van der Waals surface area contributed by atoms with Crippen molar-refractivity contribution >= 4 is 68.5 Å². The van der Waals surface area contributed by atoms with Gasteiger partial charge in [0, 0.05) is 4.88 Å². The van der Waals surface area contributed by atoms with Gasteiger partial charge in [0.25, 0.3) is 11.1 Å². The summed E-state index contributed by atoms with van der Waals surface area (Å²) >= 11 is 3.11. The van der Waals surface area contributed by atoms with E-state index >= 15 is 0 Å². The Morgan fingerprint density at radius 1 is 1.37 bits per heavy atom. The average molecular weight is 462 g/mol. The van der Waals surface area contributed by atoms with Gasteiger partial charge in [-0.15, -0.1) is 22.7 Å². The maximum absolute atomic E-state index is 12.5. The number of hydrogen-bond acceptors (Lipinski definition) is 9. The first-order valence-electron chi connectivity index (χ1n) is 8.65. The lowest BCUT2D eigenvalue weighted by Gasteiger charge is -2.11. The van der Waals surface area contributed by atoms with Gasteiger partial charge in [-0.2, -0.15) is 5.26 Å². The van der Waals surface area contributed by atoms with Gasteiger partial charge >= 0.3 is 5.97 Å². The SMILES string of the molecule is CCOC(=O)c1sc(NC(=O)CN2C(=O)S/C(=C\c3cccs3)C2=O)c(C#N)c1C. The normalized spacial score (nSPS) is 14.8. The maximum atomic E-state index is 12.5. The van der Waals surface area contributed by atoms with Gasteiger partial charge in [0.1, 0.15) is 22.5 Å². The van der Waals surface area contributed by atoms with Crippen LogP contribution >= 0.6 is 34.4 Å². The maximum Gasteiger partial charge on any atom is 0.348 e. The van der Waals surface area contributed by atoms with E-state index in [0.717, 1.165) is 32.9 Å². The molecule has 2 aromatic heterocycles. The molecule has 11 heteroatoms. The molecule has 0 bridgehead atoms. The Bertz CT molecular complexity index is 1100. The summed E-state index contributed by atoms with van der Waals surface area (Å²) in [7, 11) is 0. The van der Waals surface area contributed by atoms with Crippen LogP contribution in [-0.4, -0.2) is 41.1 Å². The van der Waals surface area contributed by atoms with Crippen LogP contribution < -0.4 is 5.32 Å². The van der Waals surface area contributed by atoms with Crippen LogP contribution in [0.4, 0.5) is 9.80 Å². The largest absolute Gasteiger partial charge is 0.462 e. The number of carbonyl (C=O) groups is 4. The standard InChI is InChI=1S/C19H15N3O5S3/c1-3-27-18(25)15-10(2)12(8-20)16(30-15)21-14(23)9-22-17(24)13(29-19(22)26)7-11-5-4-6-28-11/h4-7H,3,9H2,1-2H3,(H,21,23)/b13-7-. The molecule has 0 unspecified atom stereocenters. The first-order valence-corrected chi connectivity index (χ1v) is 11.2. The van der Waals surface area contributed by atoms with Gasteiger partial charge in [-0.3, -0.25) is 19.3 Å². The molecule has 0 aliphatic carbocycles. The van der Waals surface area contributed by atoms with Crippen LogP contribution in [0.1, 0.15) is 32.6 Å². The summed E-state index contributed by atoms with van der Waals surface area (Å²) in [6, 6.07) is 5.60. The number of nitrogens with zero attached hydrogens (tertiary/aromatic N) is 2. The Morgan fingerprint density at radius 3 is 2.77 bits per heavy atom. The number of carbonyl (C=O) groups excluding carboxylic acids is 4. The van der Waals surface area contributed by atoms with Gasteiger partial charge in [-0.1, -0.05) is 6.07 Å². The van der Waals surface area contributed by atoms with Crippen LogP contribution in [0.25, 0.3) is 6.08 Å². The summed E-state index contributed by atoms with van der Waals surface area (Å²) in [6.07, 6.45) is 1.61. The van der Waals surface area contributed by atoms with E-state index in [9.17, 15) is 24.4 Å². The molecule has 1 aliphatic heterocycles. The van der Waals surface area contributed by atoms with Crippen molar-refractivity contribution in [3.05, 3.63) is 43.3 Å². The summed E-state index contributed by atoms with van der Waals surface area (Å²) in [4.78, 5) is 51.3. The molecule has 0 atom stereocenters. The van der Waals surface area contributed by atoms with Gasteiger partial charge in [0.2, 0.25) is 5.91 Å². The van der Waals surface area contributed by atoms with E-state index in [1.54, 1.807) is 19.9 Å². The van der Waals surface area contributed by atoms with E-state index in [0.29, 0.717) is 5.56 Å². The minimum atomic E-state index is -0.650. The van der Waals surface area contributed by atoms with Crippen LogP contribution in [0.15, 0.2) is 22.4 Å². The number of hydrogen-bond donors (Lipinski definition) is 1. The molecule has 1 fully saturated rings. The molecule has 0 radical (unpaired) electrons. The van der Waals surface area contributed by atoms with Crippen molar-refractivity contribution < 1.29 is 23.9 Å². The Morgan fingerprint density at radius 2 is 2.13 bits per heavy atom. The molecule has 1 aliphatic rings. The number of imide groups is 1. The zero-order valence-electron chi connectivity index (χ0n) is 15.9. The summed E-state index contributed by atoms with van der Waals surface area (Å²) in [5.41, 5.74) is 0.546. The van der Waals surface area contributed by atoms with Crippen LogP contribution in [-0.2, 0) is 14.3 Å². The third-order valence-corrected chi connectivity index (χ3v) is 6.88. The highest BCUT2D eigenvalue weighted by molar-refractivity contribution is 8.18. The number of esters is 1. The lowest BCUT2D eigenvalue weighted by Crippen LogP contribution is -2.36. The van der Waals surface area contributed by atoms with Crippen molar-refractivity contribution in [2.45, 2.75) is 13.8 Å². The van der Waals surface area contributed by atoms with Gasteiger partial charge in [-0.05, 0) is 48.7 Å². The van der Waals surface area contributed by atoms with Crippen LogP contribution in [0, 0.1) is 18.3 Å². The van der Waals surface area contributed by atoms with E-state index in [1.807, 2.05) is 23.6 Å². The van der Waals surface area contributed by atoms with Gasteiger partial charge in [0.05, 0.1) is 17.1 Å². The lowest BCUT2D eigenvalue weighted by molar-refractivity contribution is -0.127. The average Bonchev–Trinajstić information content (AvgIpc) is 3.38. The first-order chi connectivity index (χ1) is 14.3. The molecule has 0 aromatic carbocycles. The molecule has 3 amide bonds. The second kappa shape index (κ2) is 9.25. The highest BCUT2D eigenvalue weighted by Gasteiger charge is 2.36. The molecule has 154 valence electrons. The number of amides is 3. The molecule has 30 heavy (non-hydrogen) atoms. The molecule has 2 aromatic rings. The summed E-state index contributed by atoms with van der Waals surface area (Å²) in [5.74, 6) is -1.78. The van der Waals surface area contributed by atoms with Gasteiger partial charge in [-0.25, -0.2) is 4.79 Å². The number of thioether (sulfide) groups is 1. The van der Waals surface area contributed by atoms with E-state index in [1.165, 1.54) is 11.3 Å². The molecule has 3 rings (SSSR count). The minimum Gasteiger partial charge on any atom is -0.462 e. The third kappa shape index (κ3) is 4.46. The van der Waals surface area contributed by atoms with Crippen LogP contribution in [0.2, 0.25) is 0 Å².